The van der Waals surface area contributed by atoms with E-state index in [0.717, 1.165) is 22.3 Å². The maximum Gasteiger partial charge on any atom is 0.407 e. The average molecular weight is 492 g/mol. The van der Waals surface area contributed by atoms with Crippen LogP contribution in [0.2, 0.25) is 0 Å². The lowest BCUT2D eigenvalue weighted by atomic mass is 9.98. The van der Waals surface area contributed by atoms with Gasteiger partial charge >= 0.3 is 18.2 Å². The molecule has 0 spiro atoms. The topological polar surface area (TPSA) is 105 Å². The van der Waals surface area contributed by atoms with Crippen LogP contribution in [-0.2, 0) is 14.3 Å². The van der Waals surface area contributed by atoms with E-state index in [4.69, 9.17) is 4.74 Å². The minimum Gasteiger partial charge on any atom is -0.480 e. The normalized spacial score (nSPS) is 14.6. The number of carbonyl (C=O) groups excluding carboxylic acids is 2. The SMILES string of the molecule is CC(C)C[C@@H](NC(=O)C(CNC(=O)OCC1c2ccccc2-c2ccccc21)C(F)(F)F)C(=O)O. The standard InChI is InChI=1S/C25H27F3N2O5/c1-14(2)11-21(23(32)33)30-22(31)20(25(26,27)28)12-29-24(34)35-13-19-17-9-5-3-7-15(17)16-8-4-6-10-18(16)19/h3-10,14,19-21H,11-13H2,1-2H3,(H,29,34)(H,30,31)(H,32,33)/t20?,21-/m1/s1. The fraction of sp³-hybridized carbons (Fsp3) is 0.400. The second kappa shape index (κ2) is 10.8. The third-order valence-corrected chi connectivity index (χ3v) is 5.83. The first-order valence-electron chi connectivity index (χ1n) is 11.2. The maximum atomic E-state index is 13.5. The van der Waals surface area contributed by atoms with Gasteiger partial charge in [0.25, 0.3) is 0 Å². The summed E-state index contributed by atoms with van der Waals surface area (Å²) in [5.41, 5.74) is 3.89. The van der Waals surface area contributed by atoms with Gasteiger partial charge in [0.05, 0.1) is 0 Å². The number of aliphatic carboxylic acids is 1. The molecule has 10 heteroatoms. The number of hydrogen-bond donors (Lipinski definition) is 3. The first kappa shape index (κ1) is 26.1. The van der Waals surface area contributed by atoms with E-state index in [9.17, 15) is 32.7 Å². The summed E-state index contributed by atoms with van der Waals surface area (Å²) in [5.74, 6) is -6.03. The first-order chi connectivity index (χ1) is 16.5. The molecule has 1 aliphatic rings. The Balaban J connectivity index is 1.62. The van der Waals surface area contributed by atoms with Crippen LogP contribution in [0.3, 0.4) is 0 Å². The number of alkyl halides is 3. The van der Waals surface area contributed by atoms with Crippen LogP contribution in [0.1, 0.15) is 37.3 Å². The maximum absolute atomic E-state index is 13.5. The van der Waals surface area contributed by atoms with E-state index in [0.29, 0.717) is 0 Å². The Morgan fingerprint density at radius 1 is 1.00 bits per heavy atom. The van der Waals surface area contributed by atoms with Crippen LogP contribution < -0.4 is 10.6 Å². The molecule has 35 heavy (non-hydrogen) atoms. The average Bonchev–Trinajstić information content (AvgIpc) is 3.10. The Morgan fingerprint density at radius 3 is 2.03 bits per heavy atom. The van der Waals surface area contributed by atoms with Gasteiger partial charge < -0.3 is 20.5 Å². The molecule has 1 unspecified atom stereocenters. The summed E-state index contributed by atoms with van der Waals surface area (Å²) in [6, 6.07) is 13.7. The van der Waals surface area contributed by atoms with Crippen molar-refractivity contribution >= 4 is 18.0 Å². The number of carboxylic acid groups (broad SMARTS) is 1. The van der Waals surface area contributed by atoms with Crippen LogP contribution in [0, 0.1) is 11.8 Å². The molecule has 3 N–H and O–H groups in total. The van der Waals surface area contributed by atoms with E-state index in [1.54, 1.807) is 13.8 Å². The summed E-state index contributed by atoms with van der Waals surface area (Å²) in [4.78, 5) is 35.8. The minimum absolute atomic E-state index is 0.0363. The molecule has 0 bridgehead atoms. The summed E-state index contributed by atoms with van der Waals surface area (Å²) in [6.45, 7) is 2.18. The van der Waals surface area contributed by atoms with Gasteiger partial charge in [-0.05, 0) is 34.6 Å². The highest BCUT2D eigenvalue weighted by atomic mass is 19.4. The van der Waals surface area contributed by atoms with Gasteiger partial charge in [-0.2, -0.15) is 13.2 Å². The van der Waals surface area contributed by atoms with Crippen molar-refractivity contribution in [2.45, 2.75) is 38.4 Å². The smallest absolute Gasteiger partial charge is 0.407 e. The van der Waals surface area contributed by atoms with Crippen LogP contribution in [0.25, 0.3) is 11.1 Å². The molecule has 2 aromatic rings. The molecule has 2 amide bonds. The number of benzene rings is 2. The molecule has 7 nitrogen and oxygen atoms in total. The van der Waals surface area contributed by atoms with Gasteiger partial charge in [-0.3, -0.25) is 4.79 Å². The number of nitrogens with one attached hydrogen (secondary N) is 2. The van der Waals surface area contributed by atoms with Crippen molar-refractivity contribution in [2.75, 3.05) is 13.2 Å². The van der Waals surface area contributed by atoms with Gasteiger partial charge in [0.2, 0.25) is 5.91 Å². The summed E-state index contributed by atoms with van der Waals surface area (Å²) in [5, 5.41) is 13.1. The van der Waals surface area contributed by atoms with Gasteiger partial charge in [-0.15, -0.1) is 0 Å². The van der Waals surface area contributed by atoms with Gasteiger partial charge in [0.15, 0.2) is 5.92 Å². The van der Waals surface area contributed by atoms with E-state index in [2.05, 4.69) is 0 Å². The zero-order valence-corrected chi connectivity index (χ0v) is 19.3. The lowest BCUT2D eigenvalue weighted by Crippen LogP contribution is -2.51. The number of amides is 2. The summed E-state index contributed by atoms with van der Waals surface area (Å²) in [6.07, 6.45) is -6.14. The van der Waals surface area contributed by atoms with Crippen molar-refractivity contribution in [3.05, 3.63) is 59.7 Å². The number of carbonyl (C=O) groups is 3. The number of rotatable bonds is 9. The highest BCUT2D eigenvalue weighted by Gasteiger charge is 2.46. The van der Waals surface area contributed by atoms with Crippen molar-refractivity contribution in [3.63, 3.8) is 0 Å². The zero-order valence-electron chi connectivity index (χ0n) is 19.3. The molecule has 0 heterocycles. The molecule has 2 atom stereocenters. The zero-order chi connectivity index (χ0) is 25.8. The van der Waals surface area contributed by atoms with E-state index in [1.165, 1.54) is 0 Å². The van der Waals surface area contributed by atoms with Crippen molar-refractivity contribution in [1.29, 1.82) is 0 Å². The van der Waals surface area contributed by atoms with Gasteiger partial charge in [-0.1, -0.05) is 62.4 Å². The Labute approximate surface area is 200 Å². The monoisotopic (exact) mass is 492 g/mol. The van der Waals surface area contributed by atoms with E-state index in [-0.39, 0.29) is 24.9 Å². The van der Waals surface area contributed by atoms with Gasteiger partial charge in [-0.25, -0.2) is 9.59 Å². The minimum atomic E-state index is -5.00. The number of ether oxygens (including phenoxy) is 1. The molecule has 1 aliphatic carbocycles. The summed E-state index contributed by atoms with van der Waals surface area (Å²) in [7, 11) is 0. The fourth-order valence-electron chi connectivity index (χ4n) is 4.16. The molecular weight excluding hydrogens is 465 g/mol. The van der Waals surface area contributed by atoms with Crippen LogP contribution in [0.5, 0.6) is 0 Å². The van der Waals surface area contributed by atoms with Crippen LogP contribution in [0.4, 0.5) is 18.0 Å². The predicted molar refractivity (Wildman–Crippen MR) is 122 cm³/mol. The van der Waals surface area contributed by atoms with Gasteiger partial charge in [0.1, 0.15) is 12.6 Å². The second-order valence-electron chi connectivity index (χ2n) is 8.83. The number of carboxylic acids is 1. The third-order valence-electron chi connectivity index (χ3n) is 5.83. The first-order valence-corrected chi connectivity index (χ1v) is 11.2. The molecule has 2 aromatic carbocycles. The third kappa shape index (κ3) is 6.32. The van der Waals surface area contributed by atoms with Crippen molar-refractivity contribution in [3.8, 4) is 11.1 Å². The number of halogens is 3. The molecule has 0 saturated carbocycles. The second-order valence-corrected chi connectivity index (χ2v) is 8.83. The van der Waals surface area contributed by atoms with E-state index >= 15 is 0 Å². The largest absolute Gasteiger partial charge is 0.480 e. The van der Waals surface area contributed by atoms with Crippen LogP contribution >= 0.6 is 0 Å². The van der Waals surface area contributed by atoms with Gasteiger partial charge in [0, 0.05) is 12.5 Å². The Morgan fingerprint density at radius 2 is 1.54 bits per heavy atom. The van der Waals surface area contributed by atoms with E-state index in [1.807, 2.05) is 59.2 Å². The van der Waals surface area contributed by atoms with Crippen LogP contribution in [-0.4, -0.2) is 48.4 Å². The molecule has 0 saturated heterocycles. The quantitative estimate of drug-likeness (QED) is 0.484. The Hall–Kier alpha value is -3.56. The lowest BCUT2D eigenvalue weighted by Gasteiger charge is -2.23. The lowest BCUT2D eigenvalue weighted by molar-refractivity contribution is -0.182. The van der Waals surface area contributed by atoms with Crippen molar-refractivity contribution in [2.24, 2.45) is 11.8 Å². The molecule has 0 fully saturated rings. The van der Waals surface area contributed by atoms with Crippen molar-refractivity contribution in [1.82, 2.24) is 10.6 Å². The molecule has 0 radical (unpaired) electrons. The fourth-order valence-corrected chi connectivity index (χ4v) is 4.16. The molecule has 0 aliphatic heterocycles. The van der Waals surface area contributed by atoms with E-state index < -0.39 is 42.7 Å². The van der Waals surface area contributed by atoms with Crippen LogP contribution in [0.15, 0.2) is 48.5 Å². The molecule has 188 valence electrons. The summed E-state index contributed by atoms with van der Waals surface area (Å²) < 4.78 is 45.7. The predicted octanol–water partition coefficient (Wildman–Crippen LogP) is 4.32. The summed E-state index contributed by atoms with van der Waals surface area (Å²) >= 11 is 0. The Bertz CT molecular complexity index is 1040. The number of hydrogen-bond acceptors (Lipinski definition) is 4. The molecule has 3 rings (SSSR count). The highest BCUT2D eigenvalue weighted by molar-refractivity contribution is 5.86. The van der Waals surface area contributed by atoms with Crippen molar-refractivity contribution < 1.29 is 37.4 Å². The molecule has 0 aromatic heterocycles. The molecular formula is C25H27F3N2O5. The highest BCUT2D eigenvalue weighted by Crippen LogP contribution is 2.44. The number of fused-ring (bicyclic) bond motifs is 3. The number of alkyl carbamates (subject to hydrolysis) is 1. The Kier molecular flexibility index (Phi) is 8.03.